The number of hydrogen-bond acceptors (Lipinski definition) is 3. The number of aryl methyl sites for hydroxylation is 2. The third-order valence-electron chi connectivity index (χ3n) is 3.30. The Balaban J connectivity index is 2.20. The lowest BCUT2D eigenvalue weighted by Crippen LogP contribution is -2.24. The Hall–Kier alpha value is -1.65. The molecule has 106 valence electrons. The first-order valence-electron chi connectivity index (χ1n) is 6.59. The molecule has 0 amide bonds. The molecule has 0 aliphatic rings. The zero-order chi connectivity index (χ0) is 14.7. The zero-order valence-corrected chi connectivity index (χ0v) is 12.4. The summed E-state index contributed by atoms with van der Waals surface area (Å²) in [6.45, 7) is 4.48. The Morgan fingerprint density at radius 2 is 2.05 bits per heavy atom. The molecule has 1 atom stereocenters. The van der Waals surface area contributed by atoms with Crippen LogP contribution in [0.15, 0.2) is 30.3 Å². The second-order valence-electron chi connectivity index (χ2n) is 4.69. The van der Waals surface area contributed by atoms with Gasteiger partial charge in [-0.25, -0.2) is 0 Å². The first kappa shape index (κ1) is 14.8. The minimum absolute atomic E-state index is 0.0623. The maximum atomic E-state index is 12.3. The van der Waals surface area contributed by atoms with Crippen molar-refractivity contribution in [1.82, 2.24) is 9.78 Å². The number of carbonyl (C=O) groups is 1. The second kappa shape index (κ2) is 6.20. The molecule has 0 fully saturated rings. The van der Waals surface area contributed by atoms with Crippen LogP contribution < -0.4 is 5.73 Å². The fraction of sp³-hybridized carbons (Fsp3) is 0.333. The molecule has 2 rings (SSSR count). The summed E-state index contributed by atoms with van der Waals surface area (Å²) in [4.78, 5) is 12.3. The van der Waals surface area contributed by atoms with Crippen LogP contribution in [0.4, 0.5) is 0 Å². The van der Waals surface area contributed by atoms with Gasteiger partial charge in [0.2, 0.25) is 0 Å². The van der Waals surface area contributed by atoms with Crippen molar-refractivity contribution in [2.75, 3.05) is 0 Å². The van der Waals surface area contributed by atoms with Crippen molar-refractivity contribution in [1.29, 1.82) is 0 Å². The minimum atomic E-state index is -0.632. The van der Waals surface area contributed by atoms with Gasteiger partial charge in [0.15, 0.2) is 5.78 Å². The first-order valence-corrected chi connectivity index (χ1v) is 6.97. The molecule has 0 unspecified atom stereocenters. The van der Waals surface area contributed by atoms with E-state index in [1.807, 2.05) is 44.2 Å². The van der Waals surface area contributed by atoms with Gasteiger partial charge in [0.05, 0.1) is 28.9 Å². The Morgan fingerprint density at radius 3 is 2.65 bits per heavy atom. The van der Waals surface area contributed by atoms with Gasteiger partial charge in [0.1, 0.15) is 0 Å². The van der Waals surface area contributed by atoms with Crippen LogP contribution in [-0.4, -0.2) is 15.6 Å². The van der Waals surface area contributed by atoms with Crippen LogP contribution in [0.25, 0.3) is 0 Å². The van der Waals surface area contributed by atoms with E-state index >= 15 is 0 Å². The number of ketones is 1. The Bertz CT molecular complexity index is 607. The maximum absolute atomic E-state index is 12.3. The molecule has 1 aromatic heterocycles. The van der Waals surface area contributed by atoms with Gasteiger partial charge in [-0.1, -0.05) is 41.9 Å². The molecule has 0 saturated carbocycles. The number of benzene rings is 1. The first-order chi connectivity index (χ1) is 9.54. The van der Waals surface area contributed by atoms with Gasteiger partial charge in [-0.3, -0.25) is 9.48 Å². The Morgan fingerprint density at radius 1 is 1.40 bits per heavy atom. The number of Topliss-reactive ketones (excluding diaryl/α,β-unsaturated/α-hetero) is 1. The lowest BCUT2D eigenvalue weighted by Gasteiger charge is -2.11. The molecule has 20 heavy (non-hydrogen) atoms. The molecule has 1 aromatic carbocycles. The largest absolute Gasteiger partial charge is 0.318 e. The summed E-state index contributed by atoms with van der Waals surface area (Å²) in [5, 5.41) is 4.86. The summed E-state index contributed by atoms with van der Waals surface area (Å²) in [7, 11) is 0. The minimum Gasteiger partial charge on any atom is -0.318 e. The van der Waals surface area contributed by atoms with Gasteiger partial charge >= 0.3 is 0 Å². The Kier molecular flexibility index (Phi) is 4.57. The van der Waals surface area contributed by atoms with E-state index in [4.69, 9.17) is 17.3 Å². The topological polar surface area (TPSA) is 60.9 Å². The second-order valence-corrected chi connectivity index (χ2v) is 5.07. The van der Waals surface area contributed by atoms with E-state index in [2.05, 4.69) is 5.10 Å². The molecular weight excluding hydrogens is 274 g/mol. The molecule has 2 aromatic rings. The molecular formula is C15H18ClN3O. The standard InChI is InChI=1S/C15H18ClN3O/c1-3-19-12(14(16)10(2)18-19)9-13(20)15(17)11-7-5-4-6-8-11/h4-8,15H,3,9,17H2,1-2H3/t15-/m1/s1. The van der Waals surface area contributed by atoms with Gasteiger partial charge in [-0.15, -0.1) is 0 Å². The highest BCUT2D eigenvalue weighted by atomic mass is 35.5. The number of nitrogens with zero attached hydrogens (tertiary/aromatic N) is 2. The van der Waals surface area contributed by atoms with Crippen molar-refractivity contribution < 1.29 is 4.79 Å². The van der Waals surface area contributed by atoms with Crippen molar-refractivity contribution in [2.45, 2.75) is 32.9 Å². The van der Waals surface area contributed by atoms with Crippen molar-refractivity contribution >= 4 is 17.4 Å². The summed E-state index contributed by atoms with van der Waals surface area (Å²) in [6, 6.07) is 8.71. The van der Waals surface area contributed by atoms with E-state index in [0.717, 1.165) is 17.0 Å². The molecule has 4 nitrogen and oxygen atoms in total. The van der Waals surface area contributed by atoms with Crippen LogP contribution in [-0.2, 0) is 17.8 Å². The molecule has 0 saturated heterocycles. The highest BCUT2D eigenvalue weighted by Crippen LogP contribution is 2.23. The predicted octanol–water partition coefficient (Wildman–Crippen LogP) is 2.68. The molecule has 5 heteroatoms. The number of aromatic nitrogens is 2. The van der Waals surface area contributed by atoms with Crippen molar-refractivity contribution in [2.24, 2.45) is 5.73 Å². The molecule has 0 spiro atoms. The quantitative estimate of drug-likeness (QED) is 0.921. The van der Waals surface area contributed by atoms with E-state index in [-0.39, 0.29) is 12.2 Å². The molecule has 0 aliphatic carbocycles. The van der Waals surface area contributed by atoms with Crippen molar-refractivity contribution in [3.8, 4) is 0 Å². The summed E-state index contributed by atoms with van der Waals surface area (Å²) in [5.74, 6) is -0.0623. The fourth-order valence-corrected chi connectivity index (χ4v) is 2.36. The van der Waals surface area contributed by atoms with Crippen LogP contribution in [0.5, 0.6) is 0 Å². The number of rotatable bonds is 5. The van der Waals surface area contributed by atoms with Crippen LogP contribution >= 0.6 is 11.6 Å². The average Bonchev–Trinajstić information content (AvgIpc) is 2.75. The summed E-state index contributed by atoms with van der Waals surface area (Å²) in [6.07, 6.45) is 0.198. The maximum Gasteiger partial charge on any atom is 0.160 e. The smallest absolute Gasteiger partial charge is 0.160 e. The SMILES string of the molecule is CCn1nc(C)c(Cl)c1CC(=O)[C@H](N)c1ccccc1. The van der Waals surface area contributed by atoms with Crippen LogP contribution in [0, 0.1) is 6.92 Å². The van der Waals surface area contributed by atoms with E-state index < -0.39 is 6.04 Å². The van der Waals surface area contributed by atoms with Crippen molar-refractivity contribution in [3.05, 3.63) is 52.3 Å². The van der Waals surface area contributed by atoms with Gasteiger partial charge in [0.25, 0.3) is 0 Å². The summed E-state index contributed by atoms with van der Waals surface area (Å²) >= 11 is 6.21. The van der Waals surface area contributed by atoms with E-state index in [1.54, 1.807) is 4.68 Å². The average molecular weight is 292 g/mol. The van der Waals surface area contributed by atoms with Gasteiger partial charge in [0, 0.05) is 6.54 Å². The summed E-state index contributed by atoms with van der Waals surface area (Å²) < 4.78 is 1.76. The number of carbonyl (C=O) groups excluding carboxylic acids is 1. The Labute approximate surface area is 123 Å². The molecule has 2 N–H and O–H groups in total. The molecule has 0 aliphatic heterocycles. The van der Waals surface area contributed by atoms with Crippen LogP contribution in [0.2, 0.25) is 5.02 Å². The van der Waals surface area contributed by atoms with E-state index in [9.17, 15) is 4.79 Å². The predicted molar refractivity (Wildman–Crippen MR) is 79.7 cm³/mol. The molecule has 0 bridgehead atoms. The van der Waals surface area contributed by atoms with Gasteiger partial charge in [-0.05, 0) is 19.4 Å². The fourth-order valence-electron chi connectivity index (χ4n) is 2.16. The lowest BCUT2D eigenvalue weighted by atomic mass is 10.0. The molecule has 0 radical (unpaired) electrons. The summed E-state index contributed by atoms with van der Waals surface area (Å²) in [5.41, 5.74) is 8.30. The highest BCUT2D eigenvalue weighted by Gasteiger charge is 2.21. The lowest BCUT2D eigenvalue weighted by molar-refractivity contribution is -0.119. The van der Waals surface area contributed by atoms with Crippen LogP contribution in [0.3, 0.4) is 0 Å². The zero-order valence-electron chi connectivity index (χ0n) is 11.6. The number of halogens is 1. The van der Waals surface area contributed by atoms with E-state index in [0.29, 0.717) is 11.6 Å². The highest BCUT2D eigenvalue weighted by molar-refractivity contribution is 6.32. The van der Waals surface area contributed by atoms with Crippen LogP contribution in [0.1, 0.15) is 29.9 Å². The van der Waals surface area contributed by atoms with Gasteiger partial charge < -0.3 is 5.73 Å². The molecule has 1 heterocycles. The monoisotopic (exact) mass is 291 g/mol. The third-order valence-corrected chi connectivity index (χ3v) is 3.79. The van der Waals surface area contributed by atoms with Crippen molar-refractivity contribution in [3.63, 3.8) is 0 Å². The normalized spacial score (nSPS) is 12.4. The third kappa shape index (κ3) is 2.92. The van der Waals surface area contributed by atoms with E-state index in [1.165, 1.54) is 0 Å². The number of hydrogen-bond donors (Lipinski definition) is 1. The number of nitrogens with two attached hydrogens (primary N) is 1. The van der Waals surface area contributed by atoms with Gasteiger partial charge in [-0.2, -0.15) is 5.10 Å².